The Balaban J connectivity index is 1.34. The first-order valence-electron chi connectivity index (χ1n) is 13.0. The van der Waals surface area contributed by atoms with Gasteiger partial charge in [-0.25, -0.2) is 13.8 Å². The van der Waals surface area contributed by atoms with E-state index < -0.39 is 6.43 Å². The zero-order valence-corrected chi connectivity index (χ0v) is 21.9. The van der Waals surface area contributed by atoms with Crippen LogP contribution in [0.4, 0.5) is 20.5 Å². The Hall–Kier alpha value is -3.87. The molecule has 3 aromatic rings. The number of hydrogen-bond acceptors (Lipinski definition) is 8. The standard InChI is InChI=1S/C26H32F2N8O3/c1-34(2)23(38)8-7-22(37)30-17-13-16(14-17)29-20-15-21(33-26(32-20)35-9-11-39-12-10-35)36-19-6-4-3-5-18(19)31-25(36)24(27)28/h3-6,15-17,24H,7-14H2,1-2H3,(H,30,37)(H,29,32,33)/t16-,17-. The van der Waals surface area contributed by atoms with Crippen LogP contribution in [0, 0.1) is 0 Å². The summed E-state index contributed by atoms with van der Waals surface area (Å²) in [5.74, 6) is 0.603. The van der Waals surface area contributed by atoms with Gasteiger partial charge in [0, 0.05) is 58.2 Å². The normalized spacial score (nSPS) is 19.2. The topological polar surface area (TPSA) is 118 Å². The molecule has 208 valence electrons. The van der Waals surface area contributed by atoms with Crippen molar-refractivity contribution in [3.05, 3.63) is 36.2 Å². The Morgan fingerprint density at radius 1 is 1.08 bits per heavy atom. The molecule has 1 aromatic carbocycles. The third-order valence-corrected chi connectivity index (χ3v) is 6.93. The number of para-hydroxylation sites is 2. The summed E-state index contributed by atoms with van der Waals surface area (Å²) in [5, 5.41) is 6.35. The number of morpholine rings is 1. The second-order valence-electron chi connectivity index (χ2n) is 9.97. The summed E-state index contributed by atoms with van der Waals surface area (Å²) < 4.78 is 34.9. The van der Waals surface area contributed by atoms with Gasteiger partial charge in [0.15, 0.2) is 5.82 Å². The first-order valence-corrected chi connectivity index (χ1v) is 13.0. The molecular weight excluding hydrogens is 510 g/mol. The van der Waals surface area contributed by atoms with Gasteiger partial charge in [-0.15, -0.1) is 0 Å². The summed E-state index contributed by atoms with van der Waals surface area (Å²) in [6.45, 7) is 2.22. The molecule has 5 rings (SSSR count). The SMILES string of the molecule is CN(C)C(=O)CCC(=O)N[C@H]1C[C@H](Nc2cc(-n3c(C(F)F)nc4ccccc43)nc(N3CCOCC3)n2)C1. The first-order chi connectivity index (χ1) is 18.8. The van der Waals surface area contributed by atoms with Gasteiger partial charge in [0.25, 0.3) is 6.43 Å². The number of ether oxygens (including phenoxy) is 1. The molecule has 11 nitrogen and oxygen atoms in total. The van der Waals surface area contributed by atoms with Crippen molar-refractivity contribution in [2.75, 3.05) is 50.6 Å². The minimum absolute atomic E-state index is 0.00694. The number of alkyl halides is 2. The van der Waals surface area contributed by atoms with Crippen LogP contribution in [0.2, 0.25) is 0 Å². The van der Waals surface area contributed by atoms with Crippen LogP contribution in [0.1, 0.15) is 37.9 Å². The number of carbonyl (C=O) groups is 2. The van der Waals surface area contributed by atoms with Crippen molar-refractivity contribution in [2.45, 2.75) is 44.2 Å². The second-order valence-corrected chi connectivity index (χ2v) is 9.97. The molecule has 2 fully saturated rings. The van der Waals surface area contributed by atoms with Gasteiger partial charge in [0.2, 0.25) is 17.8 Å². The highest BCUT2D eigenvalue weighted by Crippen LogP contribution is 2.30. The molecule has 0 spiro atoms. The van der Waals surface area contributed by atoms with Crippen molar-refractivity contribution in [1.82, 2.24) is 29.7 Å². The number of amides is 2. The number of nitrogens with zero attached hydrogens (tertiary/aromatic N) is 6. The molecule has 1 aliphatic carbocycles. The lowest BCUT2D eigenvalue weighted by Crippen LogP contribution is -2.50. The Labute approximate surface area is 224 Å². The maximum Gasteiger partial charge on any atom is 0.296 e. The molecule has 0 bridgehead atoms. The van der Waals surface area contributed by atoms with Crippen LogP contribution >= 0.6 is 0 Å². The summed E-state index contributed by atoms with van der Waals surface area (Å²) in [7, 11) is 3.32. The van der Waals surface area contributed by atoms with Crippen molar-refractivity contribution in [3.8, 4) is 5.82 Å². The predicted octanol–water partition coefficient (Wildman–Crippen LogP) is 2.52. The molecule has 1 aliphatic heterocycles. The number of halogens is 2. The quantitative estimate of drug-likeness (QED) is 0.424. The molecule has 0 radical (unpaired) electrons. The average molecular weight is 543 g/mol. The van der Waals surface area contributed by atoms with Gasteiger partial charge in [-0.3, -0.25) is 14.2 Å². The first kappa shape index (κ1) is 26.7. The van der Waals surface area contributed by atoms with Crippen LogP contribution in [-0.2, 0) is 14.3 Å². The van der Waals surface area contributed by atoms with Gasteiger partial charge in [-0.1, -0.05) is 12.1 Å². The summed E-state index contributed by atoms with van der Waals surface area (Å²) in [6, 6.07) is 8.65. The van der Waals surface area contributed by atoms with Gasteiger partial charge in [-0.05, 0) is 25.0 Å². The summed E-state index contributed by atoms with van der Waals surface area (Å²) in [4.78, 5) is 40.9. The zero-order chi connectivity index (χ0) is 27.5. The molecule has 2 N–H and O–H groups in total. The van der Waals surface area contributed by atoms with E-state index in [4.69, 9.17) is 9.72 Å². The van der Waals surface area contributed by atoms with Crippen LogP contribution in [0.15, 0.2) is 30.3 Å². The van der Waals surface area contributed by atoms with E-state index in [2.05, 4.69) is 20.6 Å². The average Bonchev–Trinajstić information content (AvgIpc) is 3.31. The minimum Gasteiger partial charge on any atom is -0.378 e. The van der Waals surface area contributed by atoms with E-state index in [1.54, 1.807) is 44.4 Å². The van der Waals surface area contributed by atoms with E-state index in [0.29, 0.717) is 67.8 Å². The largest absolute Gasteiger partial charge is 0.378 e. The third-order valence-electron chi connectivity index (χ3n) is 6.93. The number of carbonyl (C=O) groups excluding carboxylic acids is 2. The lowest BCUT2D eigenvalue weighted by atomic mass is 9.86. The fourth-order valence-electron chi connectivity index (χ4n) is 4.75. The molecule has 2 aromatic heterocycles. The van der Waals surface area contributed by atoms with E-state index in [-0.39, 0.29) is 42.6 Å². The van der Waals surface area contributed by atoms with Crippen LogP contribution in [0.25, 0.3) is 16.9 Å². The van der Waals surface area contributed by atoms with E-state index >= 15 is 0 Å². The van der Waals surface area contributed by atoms with Gasteiger partial charge in [-0.2, -0.15) is 9.97 Å². The molecule has 0 atom stereocenters. The van der Waals surface area contributed by atoms with Crippen LogP contribution in [-0.4, -0.2) is 88.7 Å². The molecule has 1 saturated carbocycles. The highest BCUT2D eigenvalue weighted by Gasteiger charge is 2.31. The molecule has 2 amide bonds. The predicted molar refractivity (Wildman–Crippen MR) is 141 cm³/mol. The van der Waals surface area contributed by atoms with Gasteiger partial charge >= 0.3 is 0 Å². The van der Waals surface area contributed by atoms with E-state index in [9.17, 15) is 18.4 Å². The summed E-state index contributed by atoms with van der Waals surface area (Å²) >= 11 is 0. The monoisotopic (exact) mass is 542 g/mol. The number of aromatic nitrogens is 4. The number of fused-ring (bicyclic) bond motifs is 1. The highest BCUT2D eigenvalue weighted by molar-refractivity contribution is 5.83. The van der Waals surface area contributed by atoms with Gasteiger partial charge in [0.1, 0.15) is 11.6 Å². The summed E-state index contributed by atoms with van der Waals surface area (Å²) in [5.41, 5.74) is 0.989. The van der Waals surface area contributed by atoms with Crippen LogP contribution in [0.5, 0.6) is 0 Å². The molecular formula is C26H32F2N8O3. The molecule has 1 saturated heterocycles. The number of imidazole rings is 1. The maximum atomic E-state index is 14.0. The van der Waals surface area contributed by atoms with Crippen molar-refractivity contribution in [3.63, 3.8) is 0 Å². The third kappa shape index (κ3) is 6.08. The Morgan fingerprint density at radius 3 is 2.54 bits per heavy atom. The van der Waals surface area contributed by atoms with Crippen LogP contribution < -0.4 is 15.5 Å². The lowest BCUT2D eigenvalue weighted by molar-refractivity contribution is -0.131. The van der Waals surface area contributed by atoms with E-state index in [1.165, 1.54) is 9.47 Å². The smallest absolute Gasteiger partial charge is 0.296 e. The maximum absolute atomic E-state index is 14.0. The molecule has 3 heterocycles. The van der Waals surface area contributed by atoms with Crippen LogP contribution in [0.3, 0.4) is 0 Å². The highest BCUT2D eigenvalue weighted by atomic mass is 19.3. The number of anilines is 2. The zero-order valence-electron chi connectivity index (χ0n) is 21.9. The van der Waals surface area contributed by atoms with Crippen molar-refractivity contribution < 1.29 is 23.1 Å². The lowest BCUT2D eigenvalue weighted by Gasteiger charge is -2.37. The Bertz CT molecular complexity index is 1340. The van der Waals surface area contributed by atoms with Crippen molar-refractivity contribution >= 4 is 34.6 Å². The fraction of sp³-hybridized carbons (Fsp3) is 0.500. The Morgan fingerprint density at radius 2 is 1.82 bits per heavy atom. The van der Waals surface area contributed by atoms with Crippen molar-refractivity contribution in [2.24, 2.45) is 0 Å². The van der Waals surface area contributed by atoms with Gasteiger partial charge < -0.3 is 25.2 Å². The second kappa shape index (κ2) is 11.5. The summed E-state index contributed by atoms with van der Waals surface area (Å²) in [6.07, 6.45) is -1.12. The van der Waals surface area contributed by atoms with Crippen molar-refractivity contribution in [1.29, 1.82) is 0 Å². The minimum atomic E-state index is -2.79. The molecule has 13 heteroatoms. The molecule has 2 aliphatic rings. The number of hydrogen-bond donors (Lipinski definition) is 2. The molecule has 39 heavy (non-hydrogen) atoms. The molecule has 0 unspecified atom stereocenters. The number of nitrogens with one attached hydrogen (secondary N) is 2. The number of benzene rings is 1. The van der Waals surface area contributed by atoms with E-state index in [1.807, 2.05) is 4.90 Å². The fourth-order valence-corrected chi connectivity index (χ4v) is 4.75. The van der Waals surface area contributed by atoms with Gasteiger partial charge in [0.05, 0.1) is 24.2 Å². The number of rotatable bonds is 9. The van der Waals surface area contributed by atoms with E-state index in [0.717, 1.165) is 0 Å². The Kier molecular flexibility index (Phi) is 7.87.